The molecule has 4 aromatic heterocycles. The van der Waals surface area contributed by atoms with E-state index in [1.54, 1.807) is 6.07 Å². The summed E-state index contributed by atoms with van der Waals surface area (Å²) in [4.78, 5) is 14.1. The molecule has 0 aliphatic heterocycles. The van der Waals surface area contributed by atoms with Gasteiger partial charge in [0.2, 0.25) is 5.71 Å². The summed E-state index contributed by atoms with van der Waals surface area (Å²) in [6, 6.07) is 51.5. The molecule has 0 unspecified atom stereocenters. The van der Waals surface area contributed by atoms with Gasteiger partial charge in [-0.3, -0.25) is 9.37 Å². The number of furan rings is 1. The average molecular weight is 1050 g/mol. The van der Waals surface area contributed by atoms with Gasteiger partial charge in [0.15, 0.2) is 0 Å². The molecule has 0 saturated heterocycles. The minimum absolute atomic E-state index is 0. The van der Waals surface area contributed by atoms with E-state index in [9.17, 15) is 4.39 Å². The van der Waals surface area contributed by atoms with Gasteiger partial charge in [-0.15, -0.1) is 42.0 Å². The number of imidazole rings is 1. The van der Waals surface area contributed by atoms with Gasteiger partial charge in [0.1, 0.15) is 0 Å². The summed E-state index contributed by atoms with van der Waals surface area (Å²) in [5, 5.41) is 2.99. The molecule has 0 aliphatic carbocycles. The predicted molar refractivity (Wildman–Crippen MR) is 265 cm³/mol. The molecule has 0 fully saturated rings. The molecule has 0 spiro atoms. The number of fused-ring (bicyclic) bond motifs is 4. The Morgan fingerprint density at radius 1 is 0.769 bits per heavy atom. The van der Waals surface area contributed by atoms with Crippen molar-refractivity contribution in [1.82, 2.24) is 19.5 Å². The van der Waals surface area contributed by atoms with Crippen LogP contribution in [0.15, 0.2) is 150 Å². The van der Waals surface area contributed by atoms with Crippen molar-refractivity contribution in [3.8, 4) is 50.6 Å². The Bertz CT molecular complexity index is 3410. The number of para-hydroxylation sites is 2. The topological polar surface area (TPSA) is 56.7 Å². The van der Waals surface area contributed by atoms with Crippen LogP contribution in [0.2, 0.25) is 19.6 Å². The van der Waals surface area contributed by atoms with E-state index in [1.807, 2.05) is 79.0 Å². The summed E-state index contributed by atoms with van der Waals surface area (Å²) in [7, 11) is -1.47. The van der Waals surface area contributed by atoms with Gasteiger partial charge in [-0.1, -0.05) is 134 Å². The van der Waals surface area contributed by atoms with Crippen LogP contribution in [0.4, 0.5) is 4.39 Å². The molecule has 0 amide bonds. The number of halogens is 1. The Balaban J connectivity index is 0.000000196. The zero-order valence-corrected chi connectivity index (χ0v) is 40.9. The first-order valence-corrected chi connectivity index (χ1v) is 25.2. The second-order valence-corrected chi connectivity index (χ2v) is 22.9. The number of nitrogens with zero attached hydrogens (tertiary/aromatic N) is 4. The third kappa shape index (κ3) is 9.17. The molecule has 0 atom stereocenters. The van der Waals surface area contributed by atoms with E-state index in [0.717, 1.165) is 67.4 Å². The molecule has 4 heterocycles. The zero-order valence-electron chi connectivity index (χ0n) is 40.5. The molecule has 65 heavy (non-hydrogen) atoms. The van der Waals surface area contributed by atoms with E-state index < -0.39 is 14.9 Å². The Hall–Kier alpha value is -6.31. The van der Waals surface area contributed by atoms with Gasteiger partial charge in [0.25, 0.3) is 0 Å². The number of hydrogen-bond donors (Lipinski definition) is 0. The third-order valence-corrected chi connectivity index (χ3v) is 13.7. The smallest absolute Gasteiger partial charge is 0.216 e. The van der Waals surface area contributed by atoms with Gasteiger partial charge >= 0.3 is 0 Å². The molecule has 10 rings (SSSR count). The fourth-order valence-electron chi connectivity index (χ4n) is 8.70. The van der Waals surface area contributed by atoms with Crippen LogP contribution in [-0.2, 0) is 26.5 Å². The standard InChI is InChI=1S/C33H24N3O.C24H27FNSi.Ir/c1-20-18-24(23-10-5-4-6-11-23)19-21(2)30(20)36-29-15-8-7-14-28(29)35-32(36)27-13-9-12-25-26-17-16-22(3)34-33(26)37-31(25)27;1-17(2)13-20-15-23(26-16-24(20)27(3,4)5)19-11-12-22(25)21(14-19)18-9-7-6-8-10-18;/h4-12,14-19H,1-3H3;6-10,12,14-17H,13H2,1-5H3;/q2*-1;/i3D3;;. The van der Waals surface area contributed by atoms with E-state index in [4.69, 9.17) is 18.5 Å². The van der Waals surface area contributed by atoms with Crippen molar-refractivity contribution in [1.29, 1.82) is 0 Å². The Labute approximate surface area is 400 Å². The second-order valence-electron chi connectivity index (χ2n) is 17.9. The molecule has 327 valence electrons. The van der Waals surface area contributed by atoms with Crippen LogP contribution in [0, 0.1) is 44.6 Å². The first-order chi connectivity index (χ1) is 32.0. The van der Waals surface area contributed by atoms with Crippen molar-refractivity contribution >= 4 is 46.4 Å². The van der Waals surface area contributed by atoms with Crippen molar-refractivity contribution < 1.29 is 33.0 Å². The largest absolute Gasteiger partial charge is 0.486 e. The molecule has 1 radical (unpaired) electrons. The summed E-state index contributed by atoms with van der Waals surface area (Å²) in [5.74, 6) is 1.01. The maximum atomic E-state index is 14.4. The predicted octanol–water partition coefficient (Wildman–Crippen LogP) is 14.5. The molecule has 8 heteroatoms. The first-order valence-electron chi connectivity index (χ1n) is 23.2. The summed E-state index contributed by atoms with van der Waals surface area (Å²) in [5.41, 5.74) is 13.5. The Kier molecular flexibility index (Phi) is 11.9. The van der Waals surface area contributed by atoms with Crippen molar-refractivity contribution in [2.24, 2.45) is 5.92 Å². The fourth-order valence-corrected chi connectivity index (χ4v) is 10.3. The number of aromatic nitrogens is 4. The number of hydrogen-bond acceptors (Lipinski definition) is 4. The number of benzene rings is 6. The van der Waals surface area contributed by atoms with Crippen LogP contribution in [0.3, 0.4) is 0 Å². The van der Waals surface area contributed by atoms with Gasteiger partial charge in [0, 0.05) is 53.0 Å². The Morgan fingerprint density at radius 3 is 2.15 bits per heavy atom. The molecule has 5 nitrogen and oxygen atoms in total. The quantitative estimate of drug-likeness (QED) is 0.112. The zero-order chi connectivity index (χ0) is 47.2. The average Bonchev–Trinajstić information content (AvgIpc) is 3.87. The van der Waals surface area contributed by atoms with Gasteiger partial charge in [-0.25, -0.2) is 4.98 Å². The van der Waals surface area contributed by atoms with Crippen LogP contribution in [-0.4, -0.2) is 27.6 Å². The molecule has 6 aromatic carbocycles. The van der Waals surface area contributed by atoms with E-state index in [-0.39, 0.29) is 37.3 Å². The van der Waals surface area contributed by atoms with Gasteiger partial charge in [-0.2, -0.15) is 0 Å². The Morgan fingerprint density at radius 2 is 1.46 bits per heavy atom. The normalized spacial score (nSPS) is 12.4. The summed E-state index contributed by atoms with van der Waals surface area (Å²) in [6.45, 7) is 13.5. The number of rotatable bonds is 8. The minimum Gasteiger partial charge on any atom is -0.486 e. The number of aryl methyl sites for hydroxylation is 3. The SMILES string of the molecule is CC(C)Cc1cc(-c2[c-]cc(F)c(-c3ccccc3)c2)ncc1[Si](C)(C)C.[2H]C([2H])([2H])c1ccc2c(n1)oc1c(-c3nc4ccccc4n3-c3c(C)cc(-c4ccccc4)cc3C)[c-]ccc12.[Ir]. The van der Waals surface area contributed by atoms with E-state index >= 15 is 0 Å². The van der Waals surface area contributed by atoms with Crippen LogP contribution in [0.1, 0.15) is 40.3 Å². The van der Waals surface area contributed by atoms with E-state index in [0.29, 0.717) is 28.5 Å². The number of pyridine rings is 2. The molecular formula is C57H51FIrN4OSi-2. The van der Waals surface area contributed by atoms with Gasteiger partial charge < -0.3 is 14.0 Å². The van der Waals surface area contributed by atoms with Gasteiger partial charge in [0.05, 0.1) is 30.5 Å². The van der Waals surface area contributed by atoms with Crippen molar-refractivity contribution in [2.45, 2.75) is 60.6 Å². The molecular weight excluding hydrogens is 996 g/mol. The summed E-state index contributed by atoms with van der Waals surface area (Å²) < 4.78 is 46.1. The van der Waals surface area contributed by atoms with E-state index in [2.05, 4.69) is 118 Å². The minimum atomic E-state index is -2.32. The molecule has 0 N–H and O–H groups in total. The molecule has 0 bridgehead atoms. The molecule has 0 aliphatic rings. The second kappa shape index (κ2) is 18.7. The molecule has 0 saturated carbocycles. The maximum absolute atomic E-state index is 14.4. The van der Waals surface area contributed by atoms with Gasteiger partial charge in [-0.05, 0) is 108 Å². The van der Waals surface area contributed by atoms with Crippen LogP contribution in [0.25, 0.3) is 83.7 Å². The van der Waals surface area contributed by atoms with Crippen molar-refractivity contribution in [3.05, 3.63) is 186 Å². The van der Waals surface area contributed by atoms with Crippen molar-refractivity contribution in [3.63, 3.8) is 0 Å². The third-order valence-electron chi connectivity index (χ3n) is 11.6. The van der Waals surface area contributed by atoms with Crippen LogP contribution >= 0.6 is 0 Å². The fraction of sp³-hybridized carbons (Fsp3) is 0.175. The van der Waals surface area contributed by atoms with Crippen LogP contribution in [0.5, 0.6) is 0 Å². The van der Waals surface area contributed by atoms with E-state index in [1.165, 1.54) is 28.4 Å². The summed E-state index contributed by atoms with van der Waals surface area (Å²) in [6.07, 6.45) is 3.07. The van der Waals surface area contributed by atoms with Crippen molar-refractivity contribution in [2.75, 3.05) is 0 Å². The monoisotopic (exact) mass is 1050 g/mol. The molecule has 10 aromatic rings. The first kappa shape index (κ1) is 41.4. The maximum Gasteiger partial charge on any atom is 0.216 e. The van der Waals surface area contributed by atoms with Crippen LogP contribution < -0.4 is 5.19 Å². The summed E-state index contributed by atoms with van der Waals surface area (Å²) >= 11 is 0.